The predicted octanol–water partition coefficient (Wildman–Crippen LogP) is 3.30. The van der Waals surface area contributed by atoms with E-state index in [1.807, 2.05) is 24.3 Å². The molecule has 26 heavy (non-hydrogen) atoms. The molecule has 0 saturated heterocycles. The number of hydrogen-bond donors (Lipinski definition) is 1. The largest absolute Gasteiger partial charge is 0.504 e. The second kappa shape index (κ2) is 6.29. The van der Waals surface area contributed by atoms with Crippen molar-refractivity contribution in [1.29, 1.82) is 0 Å². The molecule has 0 saturated carbocycles. The molecule has 0 fully saturated rings. The minimum atomic E-state index is -0.300. The van der Waals surface area contributed by atoms with Gasteiger partial charge in [0.25, 0.3) is 5.91 Å². The molecule has 0 radical (unpaired) electrons. The molecule has 3 aromatic rings. The van der Waals surface area contributed by atoms with Crippen molar-refractivity contribution < 1.29 is 9.90 Å². The zero-order valence-corrected chi connectivity index (χ0v) is 14.8. The summed E-state index contributed by atoms with van der Waals surface area (Å²) in [6, 6.07) is 9.75. The van der Waals surface area contributed by atoms with Gasteiger partial charge in [-0.1, -0.05) is 26.0 Å². The van der Waals surface area contributed by atoms with Gasteiger partial charge in [-0.2, -0.15) is 5.10 Å². The Bertz CT molecular complexity index is 977. The van der Waals surface area contributed by atoms with E-state index >= 15 is 0 Å². The van der Waals surface area contributed by atoms with Gasteiger partial charge in [0.15, 0.2) is 11.4 Å². The van der Waals surface area contributed by atoms with Crippen molar-refractivity contribution in [1.82, 2.24) is 14.8 Å². The van der Waals surface area contributed by atoms with Gasteiger partial charge in [-0.25, -0.2) is 4.68 Å². The van der Waals surface area contributed by atoms with E-state index in [9.17, 15) is 9.90 Å². The summed E-state index contributed by atoms with van der Waals surface area (Å²) in [7, 11) is 0. The molecule has 3 heterocycles. The van der Waals surface area contributed by atoms with Gasteiger partial charge in [0.2, 0.25) is 0 Å². The third kappa shape index (κ3) is 2.73. The zero-order chi connectivity index (χ0) is 18.3. The van der Waals surface area contributed by atoms with Crippen LogP contribution in [0.25, 0.3) is 5.69 Å². The number of pyridine rings is 1. The molecule has 0 spiro atoms. The zero-order valence-electron chi connectivity index (χ0n) is 14.8. The van der Waals surface area contributed by atoms with Crippen LogP contribution in [0.2, 0.25) is 0 Å². The number of rotatable bonds is 3. The van der Waals surface area contributed by atoms with Crippen LogP contribution in [0.15, 0.2) is 48.9 Å². The van der Waals surface area contributed by atoms with E-state index in [-0.39, 0.29) is 17.4 Å². The summed E-state index contributed by atoms with van der Waals surface area (Å²) in [5.41, 5.74) is 3.91. The van der Waals surface area contributed by atoms with Gasteiger partial charge in [-0.05, 0) is 41.7 Å². The number of carbonyl (C=O) groups excluding carboxylic acids is 1. The average Bonchev–Trinajstić information content (AvgIpc) is 3.25. The highest BCUT2D eigenvalue weighted by molar-refractivity contribution is 6.07. The molecule has 1 aromatic carbocycles. The molecule has 1 aliphatic rings. The lowest BCUT2D eigenvalue weighted by atomic mass is 10.0. The lowest BCUT2D eigenvalue weighted by Crippen LogP contribution is -2.29. The van der Waals surface area contributed by atoms with Crippen molar-refractivity contribution in [3.63, 3.8) is 0 Å². The number of benzene rings is 1. The fourth-order valence-electron chi connectivity index (χ4n) is 3.24. The third-order valence-corrected chi connectivity index (χ3v) is 4.72. The third-order valence-electron chi connectivity index (χ3n) is 4.72. The Morgan fingerprint density at radius 2 is 2.12 bits per heavy atom. The van der Waals surface area contributed by atoms with Gasteiger partial charge in [-0.15, -0.1) is 0 Å². The van der Waals surface area contributed by atoms with Gasteiger partial charge >= 0.3 is 0 Å². The lowest BCUT2D eigenvalue weighted by Gasteiger charge is -2.15. The van der Waals surface area contributed by atoms with Crippen molar-refractivity contribution in [3.05, 3.63) is 65.7 Å². The van der Waals surface area contributed by atoms with Crippen LogP contribution in [-0.2, 0) is 6.42 Å². The highest BCUT2D eigenvalue weighted by Gasteiger charge is 2.29. The molecule has 1 aliphatic heterocycles. The standard InChI is InChI=1S/C20H20N4O2/c1-13(2)14-4-3-5-16(10-14)24-12-18(25)19(22-24)20(26)23-9-7-15-11-21-8-6-17(15)23/h3-6,8,10-13,25H,7,9H2,1-2H3. The van der Waals surface area contributed by atoms with Crippen LogP contribution >= 0.6 is 0 Å². The van der Waals surface area contributed by atoms with Crippen LogP contribution in [0.1, 0.15) is 41.4 Å². The number of aromatic nitrogens is 3. The second-order valence-corrected chi connectivity index (χ2v) is 6.77. The van der Waals surface area contributed by atoms with Crippen molar-refractivity contribution in [2.75, 3.05) is 11.4 Å². The van der Waals surface area contributed by atoms with E-state index in [4.69, 9.17) is 0 Å². The Labute approximate surface area is 151 Å². The Morgan fingerprint density at radius 1 is 1.27 bits per heavy atom. The molecule has 6 heteroatoms. The molecule has 0 atom stereocenters. The summed E-state index contributed by atoms with van der Waals surface area (Å²) >= 11 is 0. The number of carbonyl (C=O) groups is 1. The van der Waals surface area contributed by atoms with Gasteiger partial charge in [0.05, 0.1) is 17.6 Å². The Morgan fingerprint density at radius 3 is 2.92 bits per heavy atom. The molecule has 0 aliphatic carbocycles. The summed E-state index contributed by atoms with van der Waals surface area (Å²) in [5, 5.41) is 14.7. The first-order valence-electron chi connectivity index (χ1n) is 8.68. The van der Waals surface area contributed by atoms with Crippen LogP contribution in [0.4, 0.5) is 5.69 Å². The first kappa shape index (κ1) is 16.3. The van der Waals surface area contributed by atoms with Crippen molar-refractivity contribution >= 4 is 11.6 Å². The summed E-state index contributed by atoms with van der Waals surface area (Å²) in [6.45, 7) is 4.80. The molecule has 4 rings (SSSR count). The van der Waals surface area contributed by atoms with Crippen LogP contribution in [0.3, 0.4) is 0 Å². The molecular weight excluding hydrogens is 328 g/mol. The van der Waals surface area contributed by atoms with Gasteiger partial charge in [0.1, 0.15) is 0 Å². The maximum atomic E-state index is 12.9. The van der Waals surface area contributed by atoms with Crippen molar-refractivity contribution in [3.8, 4) is 11.4 Å². The Kier molecular flexibility index (Phi) is 3.95. The minimum absolute atomic E-state index is 0.0598. The Balaban J connectivity index is 1.67. The van der Waals surface area contributed by atoms with E-state index < -0.39 is 0 Å². The fourth-order valence-corrected chi connectivity index (χ4v) is 3.24. The maximum absolute atomic E-state index is 12.9. The van der Waals surface area contributed by atoms with E-state index in [1.54, 1.807) is 22.0 Å². The molecular formula is C20H20N4O2. The molecule has 6 nitrogen and oxygen atoms in total. The summed E-state index contributed by atoms with van der Waals surface area (Å²) in [5.74, 6) is -0.0337. The first-order chi connectivity index (χ1) is 12.5. The molecule has 0 unspecified atom stereocenters. The number of anilines is 1. The van der Waals surface area contributed by atoms with Gasteiger partial charge in [0, 0.05) is 18.9 Å². The molecule has 0 bridgehead atoms. The van der Waals surface area contributed by atoms with Gasteiger partial charge < -0.3 is 10.0 Å². The normalized spacial score (nSPS) is 13.3. The van der Waals surface area contributed by atoms with E-state index in [1.165, 1.54) is 11.8 Å². The van der Waals surface area contributed by atoms with Crippen LogP contribution in [-0.4, -0.2) is 32.3 Å². The second-order valence-electron chi connectivity index (χ2n) is 6.77. The summed E-state index contributed by atoms with van der Waals surface area (Å²) < 4.78 is 1.55. The first-order valence-corrected chi connectivity index (χ1v) is 8.68. The number of amides is 1. The van der Waals surface area contributed by atoms with Crippen LogP contribution in [0, 0.1) is 0 Å². The number of hydrogen-bond acceptors (Lipinski definition) is 4. The smallest absolute Gasteiger partial charge is 0.282 e. The van der Waals surface area contributed by atoms with E-state index in [0.29, 0.717) is 12.5 Å². The average molecular weight is 348 g/mol. The minimum Gasteiger partial charge on any atom is -0.504 e. The maximum Gasteiger partial charge on any atom is 0.282 e. The highest BCUT2D eigenvalue weighted by atomic mass is 16.3. The SMILES string of the molecule is CC(C)c1cccc(-n2cc(O)c(C(=O)N3CCc4cnccc43)n2)c1. The molecule has 2 aromatic heterocycles. The predicted molar refractivity (Wildman–Crippen MR) is 98.9 cm³/mol. The van der Waals surface area contributed by atoms with E-state index in [0.717, 1.165) is 23.4 Å². The topological polar surface area (TPSA) is 71.2 Å². The van der Waals surface area contributed by atoms with Crippen LogP contribution < -0.4 is 4.90 Å². The summed E-state index contributed by atoms with van der Waals surface area (Å²) in [4.78, 5) is 18.7. The highest BCUT2D eigenvalue weighted by Crippen LogP contribution is 2.30. The monoisotopic (exact) mass is 348 g/mol. The number of aromatic hydroxyl groups is 1. The van der Waals surface area contributed by atoms with Crippen molar-refractivity contribution in [2.24, 2.45) is 0 Å². The number of nitrogens with zero attached hydrogens (tertiary/aromatic N) is 4. The summed E-state index contributed by atoms with van der Waals surface area (Å²) in [6.07, 6.45) is 5.68. The lowest BCUT2D eigenvalue weighted by molar-refractivity contribution is 0.0981. The quantitative estimate of drug-likeness (QED) is 0.788. The Hall–Kier alpha value is -3.15. The van der Waals surface area contributed by atoms with Crippen molar-refractivity contribution in [2.45, 2.75) is 26.2 Å². The van der Waals surface area contributed by atoms with Gasteiger partial charge in [-0.3, -0.25) is 9.78 Å². The molecule has 1 amide bonds. The molecule has 132 valence electrons. The van der Waals surface area contributed by atoms with Crippen LogP contribution in [0.5, 0.6) is 5.75 Å². The fraction of sp³-hybridized carbons (Fsp3) is 0.250. The molecule has 1 N–H and O–H groups in total. The van der Waals surface area contributed by atoms with E-state index in [2.05, 4.69) is 30.0 Å². The number of fused-ring (bicyclic) bond motifs is 1.